The second kappa shape index (κ2) is 7.45. The molecule has 1 aromatic heterocycles. The van der Waals surface area contributed by atoms with Crippen LogP contribution in [0.3, 0.4) is 0 Å². The van der Waals surface area contributed by atoms with Crippen LogP contribution in [-0.2, 0) is 0 Å². The van der Waals surface area contributed by atoms with Crippen molar-refractivity contribution in [2.24, 2.45) is 0 Å². The monoisotopic (exact) mass is 363 g/mol. The number of anilines is 1. The quantitative estimate of drug-likeness (QED) is 0.741. The summed E-state index contributed by atoms with van der Waals surface area (Å²) in [5.74, 6) is -0.824. The van der Waals surface area contributed by atoms with Crippen molar-refractivity contribution in [2.45, 2.75) is 26.7 Å². The molecule has 0 spiro atoms. The Bertz CT molecular complexity index is 1050. The number of carbonyl (C=O) groups excluding carboxylic acids is 1. The van der Waals surface area contributed by atoms with E-state index >= 15 is 0 Å². The van der Waals surface area contributed by atoms with Crippen LogP contribution in [0.25, 0.3) is 5.69 Å². The summed E-state index contributed by atoms with van der Waals surface area (Å²) in [7, 11) is 0. The van der Waals surface area contributed by atoms with Crippen LogP contribution in [0.4, 0.5) is 5.69 Å². The second-order valence-corrected chi connectivity index (χ2v) is 6.66. The highest BCUT2D eigenvalue weighted by atomic mass is 16.3. The molecule has 0 bridgehead atoms. The number of hydrogen-bond acceptors (Lipinski definition) is 4. The van der Waals surface area contributed by atoms with Gasteiger partial charge < -0.3 is 10.4 Å². The molecule has 6 nitrogen and oxygen atoms in total. The molecule has 6 heteroatoms. The van der Waals surface area contributed by atoms with E-state index in [2.05, 4.69) is 10.4 Å². The van der Waals surface area contributed by atoms with Gasteiger partial charge in [-0.05, 0) is 42.2 Å². The molecule has 3 aromatic rings. The molecule has 1 amide bonds. The standard InChI is InChI=1S/C21H21N3O3/c1-13(2)16-9-4-5-10-17(16)22-21(27)20-18(25)12-19(26)24(23-20)15-8-6-7-14(3)11-15/h4-13,25H,1-3H3,(H,22,27). The van der Waals surface area contributed by atoms with E-state index in [-0.39, 0.29) is 11.6 Å². The van der Waals surface area contributed by atoms with Crippen LogP contribution in [0.15, 0.2) is 59.4 Å². The Morgan fingerprint density at radius 3 is 2.56 bits per heavy atom. The topological polar surface area (TPSA) is 84.2 Å². The molecule has 0 unspecified atom stereocenters. The first-order valence-corrected chi connectivity index (χ1v) is 8.67. The van der Waals surface area contributed by atoms with E-state index in [9.17, 15) is 14.7 Å². The predicted molar refractivity (Wildman–Crippen MR) is 105 cm³/mol. The summed E-state index contributed by atoms with van der Waals surface area (Å²) < 4.78 is 1.11. The number of carbonyl (C=O) groups is 1. The lowest BCUT2D eigenvalue weighted by Gasteiger charge is -2.14. The van der Waals surface area contributed by atoms with Crippen LogP contribution in [0, 0.1) is 6.92 Å². The van der Waals surface area contributed by atoms with Crippen LogP contribution in [-0.4, -0.2) is 20.8 Å². The Hall–Kier alpha value is -3.41. The third-order valence-corrected chi connectivity index (χ3v) is 4.20. The average Bonchev–Trinajstić information content (AvgIpc) is 2.62. The second-order valence-electron chi connectivity index (χ2n) is 6.66. The maximum atomic E-state index is 12.7. The Morgan fingerprint density at radius 1 is 1.11 bits per heavy atom. The van der Waals surface area contributed by atoms with Crippen LogP contribution < -0.4 is 10.9 Å². The summed E-state index contributed by atoms with van der Waals surface area (Å²) in [6, 6.07) is 15.6. The molecule has 2 N–H and O–H groups in total. The van der Waals surface area contributed by atoms with E-state index < -0.39 is 17.2 Å². The van der Waals surface area contributed by atoms with Crippen LogP contribution >= 0.6 is 0 Å². The van der Waals surface area contributed by atoms with Gasteiger partial charge in [0.15, 0.2) is 11.4 Å². The number of benzene rings is 2. The first-order chi connectivity index (χ1) is 12.9. The Kier molecular flexibility index (Phi) is 5.07. The number of para-hydroxylation sites is 1. The molecule has 138 valence electrons. The molecule has 1 heterocycles. The maximum Gasteiger partial charge on any atom is 0.279 e. The van der Waals surface area contributed by atoms with Gasteiger partial charge in [0.05, 0.1) is 5.69 Å². The van der Waals surface area contributed by atoms with Gasteiger partial charge in [0.25, 0.3) is 11.5 Å². The SMILES string of the molecule is Cc1cccc(-n2nc(C(=O)Nc3ccccc3C(C)C)c(O)cc2=O)c1. The van der Waals surface area contributed by atoms with Crippen molar-refractivity contribution in [3.63, 3.8) is 0 Å². The zero-order valence-electron chi connectivity index (χ0n) is 15.4. The number of nitrogens with one attached hydrogen (secondary N) is 1. The number of aromatic nitrogens is 2. The van der Waals surface area contributed by atoms with Crippen molar-refractivity contribution < 1.29 is 9.90 Å². The molecular weight excluding hydrogens is 342 g/mol. The molecule has 27 heavy (non-hydrogen) atoms. The Morgan fingerprint density at radius 2 is 1.85 bits per heavy atom. The lowest BCUT2D eigenvalue weighted by molar-refractivity contribution is 0.101. The lowest BCUT2D eigenvalue weighted by atomic mass is 10.0. The molecular formula is C21H21N3O3. The summed E-state index contributed by atoms with van der Waals surface area (Å²) in [5.41, 5.74) is 2.36. The molecule has 0 saturated heterocycles. The third kappa shape index (κ3) is 3.89. The number of rotatable bonds is 4. The van der Waals surface area contributed by atoms with E-state index in [1.807, 2.05) is 45.0 Å². The van der Waals surface area contributed by atoms with Gasteiger partial charge in [-0.15, -0.1) is 0 Å². The van der Waals surface area contributed by atoms with E-state index in [4.69, 9.17) is 0 Å². The van der Waals surface area contributed by atoms with Crippen LogP contribution in [0.5, 0.6) is 5.75 Å². The van der Waals surface area contributed by atoms with Gasteiger partial charge in [0, 0.05) is 11.8 Å². The fourth-order valence-corrected chi connectivity index (χ4v) is 2.85. The molecule has 0 aliphatic rings. The minimum Gasteiger partial charge on any atom is -0.505 e. The van der Waals surface area contributed by atoms with Gasteiger partial charge in [0.1, 0.15) is 0 Å². The highest BCUT2D eigenvalue weighted by Gasteiger charge is 2.18. The van der Waals surface area contributed by atoms with Crippen molar-refractivity contribution >= 4 is 11.6 Å². The smallest absolute Gasteiger partial charge is 0.279 e. The molecule has 3 rings (SSSR count). The molecule has 2 aromatic carbocycles. The minimum atomic E-state index is -0.581. The van der Waals surface area contributed by atoms with Gasteiger partial charge in [-0.1, -0.05) is 44.2 Å². The van der Waals surface area contributed by atoms with E-state index in [1.165, 1.54) is 0 Å². The van der Waals surface area contributed by atoms with Gasteiger partial charge in [-0.25, -0.2) is 0 Å². The normalized spacial score (nSPS) is 10.8. The zero-order chi connectivity index (χ0) is 19.6. The van der Waals surface area contributed by atoms with E-state index in [0.29, 0.717) is 11.4 Å². The van der Waals surface area contributed by atoms with Crippen molar-refractivity contribution in [3.8, 4) is 11.4 Å². The van der Waals surface area contributed by atoms with Gasteiger partial charge in [-0.2, -0.15) is 9.78 Å². The Labute approximate surface area is 157 Å². The Balaban J connectivity index is 2.01. The largest absolute Gasteiger partial charge is 0.505 e. The zero-order valence-corrected chi connectivity index (χ0v) is 15.4. The van der Waals surface area contributed by atoms with Crippen LogP contribution in [0.1, 0.15) is 41.4 Å². The first-order valence-electron chi connectivity index (χ1n) is 8.67. The highest BCUT2D eigenvalue weighted by molar-refractivity contribution is 6.04. The summed E-state index contributed by atoms with van der Waals surface area (Å²) >= 11 is 0. The van der Waals surface area contributed by atoms with Gasteiger partial charge in [-0.3, -0.25) is 9.59 Å². The third-order valence-electron chi connectivity index (χ3n) is 4.20. The van der Waals surface area contributed by atoms with Crippen LogP contribution in [0.2, 0.25) is 0 Å². The number of amides is 1. The molecule has 0 radical (unpaired) electrons. The van der Waals surface area contributed by atoms with Crippen molar-refractivity contribution in [2.75, 3.05) is 5.32 Å². The lowest BCUT2D eigenvalue weighted by Crippen LogP contribution is -2.25. The van der Waals surface area contributed by atoms with E-state index in [1.54, 1.807) is 24.3 Å². The fourth-order valence-electron chi connectivity index (χ4n) is 2.85. The van der Waals surface area contributed by atoms with Gasteiger partial charge >= 0.3 is 0 Å². The minimum absolute atomic E-state index is 0.212. The van der Waals surface area contributed by atoms with Crippen molar-refractivity contribution in [1.29, 1.82) is 0 Å². The first kappa shape index (κ1) is 18.4. The number of aryl methyl sites for hydroxylation is 1. The van der Waals surface area contributed by atoms with Crippen molar-refractivity contribution in [1.82, 2.24) is 9.78 Å². The number of nitrogens with zero attached hydrogens (tertiary/aromatic N) is 2. The predicted octanol–water partition coefficient (Wildman–Crippen LogP) is 3.62. The summed E-state index contributed by atoms with van der Waals surface area (Å²) in [4.78, 5) is 25.0. The molecule has 0 saturated carbocycles. The average molecular weight is 363 g/mol. The molecule has 0 aliphatic heterocycles. The number of hydrogen-bond donors (Lipinski definition) is 2. The molecule has 0 aliphatic carbocycles. The summed E-state index contributed by atoms with van der Waals surface area (Å²) in [5, 5.41) is 17.0. The molecule has 0 fully saturated rings. The molecule has 0 atom stereocenters. The van der Waals surface area contributed by atoms with Crippen molar-refractivity contribution in [3.05, 3.63) is 81.8 Å². The highest BCUT2D eigenvalue weighted by Crippen LogP contribution is 2.25. The van der Waals surface area contributed by atoms with Gasteiger partial charge in [0.2, 0.25) is 0 Å². The fraction of sp³-hybridized carbons (Fsp3) is 0.190. The summed E-state index contributed by atoms with van der Waals surface area (Å²) in [6.45, 7) is 5.95. The maximum absolute atomic E-state index is 12.7. The van der Waals surface area contributed by atoms with E-state index in [0.717, 1.165) is 21.9 Å². The number of aromatic hydroxyl groups is 1. The summed E-state index contributed by atoms with van der Waals surface area (Å²) in [6.07, 6.45) is 0.